The number of benzene rings is 1. The summed E-state index contributed by atoms with van der Waals surface area (Å²) < 4.78 is 5.33. The molecule has 0 fully saturated rings. The minimum atomic E-state index is -1.20. The Labute approximate surface area is 80.2 Å². The predicted octanol–water partition coefficient (Wildman–Crippen LogP) is 0.754. The molecule has 0 bridgehead atoms. The van der Waals surface area contributed by atoms with E-state index in [0.29, 0.717) is 23.4 Å². The first kappa shape index (κ1) is 8.74. The zero-order valence-electron chi connectivity index (χ0n) is 7.61. The standard InChI is InChI=1S/C10H9NO3/c1-2-9-11-7-5-6(10(12)13)3-4-8(7)14-9/h3-5H,2H2,1H3,(H,12,13)/p-1. The average Bonchev–Trinajstić information content (AvgIpc) is 2.58. The topological polar surface area (TPSA) is 66.2 Å². The third kappa shape index (κ3) is 1.35. The van der Waals surface area contributed by atoms with Crippen molar-refractivity contribution in [1.29, 1.82) is 0 Å². The van der Waals surface area contributed by atoms with Crippen molar-refractivity contribution in [2.45, 2.75) is 13.3 Å². The van der Waals surface area contributed by atoms with Crippen LogP contribution in [0.25, 0.3) is 11.1 Å². The molecular formula is C10H8NO3-. The van der Waals surface area contributed by atoms with E-state index in [0.717, 1.165) is 0 Å². The van der Waals surface area contributed by atoms with Gasteiger partial charge in [-0.1, -0.05) is 6.92 Å². The van der Waals surface area contributed by atoms with E-state index in [4.69, 9.17) is 4.42 Å². The van der Waals surface area contributed by atoms with Crippen molar-refractivity contribution in [2.24, 2.45) is 0 Å². The molecule has 0 saturated carbocycles. The molecule has 0 N–H and O–H groups in total. The molecule has 0 saturated heterocycles. The van der Waals surface area contributed by atoms with Crippen LogP contribution in [0.5, 0.6) is 0 Å². The molecule has 2 rings (SSSR count). The van der Waals surface area contributed by atoms with Gasteiger partial charge in [-0.2, -0.15) is 0 Å². The third-order valence-electron chi connectivity index (χ3n) is 1.97. The molecule has 72 valence electrons. The fraction of sp³-hybridized carbons (Fsp3) is 0.200. The molecule has 1 heterocycles. The molecule has 0 aliphatic carbocycles. The Morgan fingerprint density at radius 3 is 3.00 bits per heavy atom. The fourth-order valence-electron chi connectivity index (χ4n) is 1.25. The molecule has 0 aliphatic heterocycles. The highest BCUT2D eigenvalue weighted by Gasteiger charge is 2.04. The van der Waals surface area contributed by atoms with Gasteiger partial charge in [-0.3, -0.25) is 0 Å². The zero-order chi connectivity index (χ0) is 10.1. The average molecular weight is 190 g/mol. The molecule has 0 amide bonds. The van der Waals surface area contributed by atoms with Crippen molar-refractivity contribution in [3.63, 3.8) is 0 Å². The second-order valence-corrected chi connectivity index (χ2v) is 2.93. The summed E-state index contributed by atoms with van der Waals surface area (Å²) in [4.78, 5) is 14.7. The number of hydrogen-bond acceptors (Lipinski definition) is 4. The number of carboxylic acids is 1. The largest absolute Gasteiger partial charge is 0.545 e. The number of oxazole rings is 1. The lowest BCUT2D eigenvalue weighted by Crippen LogP contribution is -2.21. The quantitative estimate of drug-likeness (QED) is 0.700. The number of hydrogen-bond donors (Lipinski definition) is 0. The smallest absolute Gasteiger partial charge is 0.195 e. The summed E-state index contributed by atoms with van der Waals surface area (Å²) in [5.74, 6) is -0.594. The van der Waals surface area contributed by atoms with Crippen LogP contribution in [0.2, 0.25) is 0 Å². The van der Waals surface area contributed by atoms with Crippen LogP contribution in [-0.2, 0) is 6.42 Å². The monoisotopic (exact) mass is 190 g/mol. The first-order chi connectivity index (χ1) is 6.70. The molecule has 0 spiro atoms. The minimum Gasteiger partial charge on any atom is -0.545 e. The Kier molecular flexibility index (Phi) is 1.96. The van der Waals surface area contributed by atoms with Gasteiger partial charge in [0.25, 0.3) is 0 Å². The molecule has 14 heavy (non-hydrogen) atoms. The third-order valence-corrected chi connectivity index (χ3v) is 1.97. The first-order valence-electron chi connectivity index (χ1n) is 4.31. The van der Waals surface area contributed by atoms with Crippen molar-refractivity contribution in [3.8, 4) is 0 Å². The van der Waals surface area contributed by atoms with Crippen molar-refractivity contribution >= 4 is 17.1 Å². The Bertz CT molecular complexity index is 487. The maximum absolute atomic E-state index is 10.6. The van der Waals surface area contributed by atoms with Crippen LogP contribution >= 0.6 is 0 Å². The van der Waals surface area contributed by atoms with E-state index >= 15 is 0 Å². The van der Waals surface area contributed by atoms with Crippen molar-refractivity contribution in [1.82, 2.24) is 4.98 Å². The van der Waals surface area contributed by atoms with Gasteiger partial charge >= 0.3 is 0 Å². The van der Waals surface area contributed by atoms with Crippen molar-refractivity contribution in [2.75, 3.05) is 0 Å². The van der Waals surface area contributed by atoms with Crippen molar-refractivity contribution < 1.29 is 14.3 Å². The van der Waals surface area contributed by atoms with Crippen LogP contribution in [0.15, 0.2) is 22.6 Å². The molecular weight excluding hydrogens is 182 g/mol. The van der Waals surface area contributed by atoms with E-state index in [-0.39, 0.29) is 5.56 Å². The molecule has 0 atom stereocenters. The van der Waals surface area contributed by atoms with E-state index in [9.17, 15) is 9.90 Å². The summed E-state index contributed by atoms with van der Waals surface area (Å²) >= 11 is 0. The number of carbonyl (C=O) groups is 1. The molecule has 4 nitrogen and oxygen atoms in total. The maximum atomic E-state index is 10.6. The molecule has 2 aromatic rings. The molecule has 4 heteroatoms. The van der Waals surface area contributed by atoms with E-state index in [2.05, 4.69) is 4.98 Å². The first-order valence-corrected chi connectivity index (χ1v) is 4.31. The second kappa shape index (κ2) is 3.14. The van der Waals surface area contributed by atoms with E-state index in [1.807, 2.05) is 6.92 Å². The van der Waals surface area contributed by atoms with Crippen LogP contribution in [0.3, 0.4) is 0 Å². The summed E-state index contributed by atoms with van der Waals surface area (Å²) in [6.07, 6.45) is 0.690. The molecule has 0 aliphatic rings. The highest BCUT2D eigenvalue weighted by Crippen LogP contribution is 2.17. The van der Waals surface area contributed by atoms with Gasteiger partial charge in [0.05, 0.1) is 5.97 Å². The van der Waals surface area contributed by atoms with Crippen LogP contribution < -0.4 is 5.11 Å². The van der Waals surface area contributed by atoms with Gasteiger partial charge in [0.2, 0.25) is 0 Å². The number of nitrogens with zero attached hydrogens (tertiary/aromatic N) is 1. The van der Waals surface area contributed by atoms with E-state index < -0.39 is 5.97 Å². The Hall–Kier alpha value is -1.84. The number of aryl methyl sites for hydroxylation is 1. The lowest BCUT2D eigenvalue weighted by molar-refractivity contribution is -0.255. The van der Waals surface area contributed by atoms with Crippen LogP contribution in [0.4, 0.5) is 0 Å². The van der Waals surface area contributed by atoms with Crippen LogP contribution in [0, 0.1) is 0 Å². The predicted molar refractivity (Wildman–Crippen MR) is 47.7 cm³/mol. The molecule has 1 aromatic carbocycles. The van der Waals surface area contributed by atoms with Gasteiger partial charge < -0.3 is 14.3 Å². The van der Waals surface area contributed by atoms with Crippen molar-refractivity contribution in [3.05, 3.63) is 29.7 Å². The normalized spacial score (nSPS) is 10.6. The SMILES string of the molecule is CCc1nc2cc(C(=O)[O-])ccc2o1. The summed E-state index contributed by atoms with van der Waals surface area (Å²) in [7, 11) is 0. The number of aromatic nitrogens is 1. The fourth-order valence-corrected chi connectivity index (χ4v) is 1.25. The van der Waals surface area contributed by atoms with E-state index in [1.165, 1.54) is 12.1 Å². The van der Waals surface area contributed by atoms with Crippen LogP contribution in [0.1, 0.15) is 23.2 Å². The maximum Gasteiger partial charge on any atom is 0.195 e. The number of fused-ring (bicyclic) bond motifs is 1. The zero-order valence-corrected chi connectivity index (χ0v) is 7.61. The molecule has 0 radical (unpaired) electrons. The lowest BCUT2D eigenvalue weighted by Gasteiger charge is -1.99. The Morgan fingerprint density at radius 2 is 2.36 bits per heavy atom. The van der Waals surface area contributed by atoms with E-state index in [1.54, 1.807) is 6.07 Å². The summed E-state index contributed by atoms with van der Waals surface area (Å²) in [5.41, 5.74) is 1.28. The lowest BCUT2D eigenvalue weighted by atomic mass is 10.2. The highest BCUT2D eigenvalue weighted by atomic mass is 16.4. The van der Waals surface area contributed by atoms with Gasteiger partial charge in [-0.25, -0.2) is 4.98 Å². The number of rotatable bonds is 2. The Morgan fingerprint density at radius 1 is 1.57 bits per heavy atom. The van der Waals surface area contributed by atoms with Gasteiger partial charge in [0, 0.05) is 6.42 Å². The number of aromatic carboxylic acids is 1. The van der Waals surface area contributed by atoms with Gasteiger partial charge in [0.1, 0.15) is 5.52 Å². The molecule has 1 aromatic heterocycles. The van der Waals surface area contributed by atoms with Gasteiger partial charge in [0.15, 0.2) is 11.5 Å². The van der Waals surface area contributed by atoms with Crippen LogP contribution in [-0.4, -0.2) is 11.0 Å². The summed E-state index contributed by atoms with van der Waals surface area (Å²) in [6.45, 7) is 1.92. The van der Waals surface area contributed by atoms with Gasteiger partial charge in [-0.05, 0) is 23.8 Å². The second-order valence-electron chi connectivity index (χ2n) is 2.93. The number of carboxylic acid groups (broad SMARTS) is 1. The highest BCUT2D eigenvalue weighted by molar-refractivity contribution is 5.90. The number of carbonyl (C=O) groups excluding carboxylic acids is 1. The summed E-state index contributed by atoms with van der Waals surface area (Å²) in [6, 6.07) is 4.49. The van der Waals surface area contributed by atoms with Gasteiger partial charge in [-0.15, -0.1) is 0 Å². The minimum absolute atomic E-state index is 0.119. The Balaban J connectivity index is 2.59. The summed E-state index contributed by atoms with van der Waals surface area (Å²) in [5, 5.41) is 10.6. The molecule has 0 unspecified atom stereocenters.